The monoisotopic (exact) mass is 418 g/mol. The van der Waals surface area contributed by atoms with Crippen molar-refractivity contribution in [2.75, 3.05) is 23.7 Å². The van der Waals surface area contributed by atoms with Gasteiger partial charge in [0.1, 0.15) is 5.75 Å². The number of hydrogen-bond donors (Lipinski definition) is 1. The maximum Gasteiger partial charge on any atom is 0.257 e. The summed E-state index contributed by atoms with van der Waals surface area (Å²) in [7, 11) is -3.45. The van der Waals surface area contributed by atoms with Crippen LogP contribution in [0.4, 0.5) is 5.69 Å². The summed E-state index contributed by atoms with van der Waals surface area (Å²) in [6.07, 6.45) is 4.34. The van der Waals surface area contributed by atoms with Crippen molar-refractivity contribution in [3.05, 3.63) is 59.7 Å². The first-order chi connectivity index (χ1) is 13.8. The van der Waals surface area contributed by atoms with Crippen LogP contribution in [0.15, 0.2) is 48.5 Å². The number of benzene rings is 2. The number of aryl methyl sites for hydroxylation is 1. The lowest BCUT2D eigenvalue weighted by Gasteiger charge is -2.23. The first kappa shape index (κ1) is 22.7. The normalized spacial score (nSPS) is 11.1. The molecule has 0 radical (unpaired) electrons. The molecule has 0 aliphatic carbocycles. The first-order valence-electron chi connectivity index (χ1n) is 9.82. The molecule has 29 heavy (non-hydrogen) atoms. The second kappa shape index (κ2) is 10.9. The number of carbonyl (C=O) groups excluding carboxylic acids is 1. The van der Waals surface area contributed by atoms with Gasteiger partial charge in [-0.15, -0.1) is 0 Å². The molecule has 0 unspecified atom stereocenters. The average molecular weight is 419 g/mol. The summed E-state index contributed by atoms with van der Waals surface area (Å²) in [5.41, 5.74) is 2.57. The lowest BCUT2D eigenvalue weighted by Crippen LogP contribution is -2.30. The summed E-state index contributed by atoms with van der Waals surface area (Å²) in [5, 5.41) is 2.82. The molecule has 2 aromatic carbocycles. The van der Waals surface area contributed by atoms with E-state index in [-0.39, 0.29) is 19.1 Å². The minimum atomic E-state index is -3.45. The fourth-order valence-electron chi connectivity index (χ4n) is 2.77. The number of nitrogens with zero attached hydrogens (tertiary/aromatic N) is 1. The van der Waals surface area contributed by atoms with Crippen molar-refractivity contribution in [3.8, 4) is 5.75 Å². The van der Waals surface area contributed by atoms with Gasteiger partial charge < -0.3 is 10.1 Å². The summed E-state index contributed by atoms with van der Waals surface area (Å²) in [5.74, 6) is 0.351. The van der Waals surface area contributed by atoms with Gasteiger partial charge in [-0.25, -0.2) is 8.42 Å². The van der Waals surface area contributed by atoms with Crippen molar-refractivity contribution >= 4 is 21.6 Å². The Bertz CT molecular complexity index is 878. The second-order valence-corrected chi connectivity index (χ2v) is 9.00. The smallest absolute Gasteiger partial charge is 0.257 e. The highest BCUT2D eigenvalue weighted by atomic mass is 32.2. The van der Waals surface area contributed by atoms with E-state index in [4.69, 9.17) is 4.74 Å². The summed E-state index contributed by atoms with van der Waals surface area (Å²) in [6.45, 7) is 4.93. The second-order valence-electron chi connectivity index (χ2n) is 7.09. The Kier molecular flexibility index (Phi) is 8.51. The molecule has 0 spiro atoms. The molecule has 0 bridgehead atoms. The molecule has 0 aliphatic heterocycles. The highest BCUT2D eigenvalue weighted by Gasteiger charge is 2.18. The van der Waals surface area contributed by atoms with Crippen molar-refractivity contribution in [1.82, 2.24) is 5.32 Å². The number of hydrogen-bond acceptors (Lipinski definition) is 4. The van der Waals surface area contributed by atoms with E-state index in [1.165, 1.54) is 10.6 Å². The third-order valence-corrected chi connectivity index (χ3v) is 5.58. The van der Waals surface area contributed by atoms with Crippen LogP contribution >= 0.6 is 0 Å². The van der Waals surface area contributed by atoms with Crippen LogP contribution in [0, 0.1) is 6.92 Å². The summed E-state index contributed by atoms with van der Waals surface area (Å²) >= 11 is 0. The quantitative estimate of drug-likeness (QED) is 0.565. The molecule has 158 valence electrons. The lowest BCUT2D eigenvalue weighted by molar-refractivity contribution is -0.123. The Morgan fingerprint density at radius 3 is 2.28 bits per heavy atom. The zero-order chi connectivity index (χ0) is 21.3. The SMILES string of the molecule is CCCCCNC(=O)COc1ccc(N(Cc2ccc(C)cc2)S(C)(=O)=O)cc1. The zero-order valence-corrected chi connectivity index (χ0v) is 18.2. The van der Waals surface area contributed by atoms with Crippen LogP contribution in [0.25, 0.3) is 0 Å². The van der Waals surface area contributed by atoms with Crippen molar-refractivity contribution in [1.29, 1.82) is 0 Å². The Labute approximate surface area is 173 Å². The Morgan fingerprint density at radius 2 is 1.69 bits per heavy atom. The molecule has 1 N–H and O–H groups in total. The number of unbranched alkanes of at least 4 members (excludes halogenated alkanes) is 2. The van der Waals surface area contributed by atoms with Crippen LogP contribution in [-0.4, -0.2) is 33.7 Å². The third kappa shape index (κ3) is 7.77. The molecule has 0 aromatic heterocycles. The number of nitrogens with one attached hydrogen (secondary N) is 1. The number of ether oxygens (including phenoxy) is 1. The van der Waals surface area contributed by atoms with Crippen LogP contribution in [-0.2, 0) is 21.4 Å². The highest BCUT2D eigenvalue weighted by Crippen LogP contribution is 2.24. The number of carbonyl (C=O) groups is 1. The van der Waals surface area contributed by atoms with Gasteiger partial charge in [-0.05, 0) is 43.2 Å². The molecule has 0 saturated carbocycles. The van der Waals surface area contributed by atoms with E-state index in [1.54, 1.807) is 24.3 Å². The Balaban J connectivity index is 1.98. The van der Waals surface area contributed by atoms with E-state index in [0.29, 0.717) is 18.0 Å². The van der Waals surface area contributed by atoms with Crippen LogP contribution < -0.4 is 14.4 Å². The van der Waals surface area contributed by atoms with Gasteiger partial charge in [0.25, 0.3) is 5.91 Å². The van der Waals surface area contributed by atoms with Gasteiger partial charge in [0.15, 0.2) is 6.61 Å². The molecular weight excluding hydrogens is 388 g/mol. The van der Waals surface area contributed by atoms with Crippen LogP contribution in [0.1, 0.15) is 37.3 Å². The predicted octanol–water partition coefficient (Wildman–Crippen LogP) is 3.65. The maximum absolute atomic E-state index is 12.3. The number of sulfonamides is 1. The van der Waals surface area contributed by atoms with E-state index < -0.39 is 10.0 Å². The summed E-state index contributed by atoms with van der Waals surface area (Å²) in [4.78, 5) is 11.8. The molecule has 7 heteroatoms. The molecule has 2 rings (SSSR count). The topological polar surface area (TPSA) is 75.7 Å². The van der Waals surface area contributed by atoms with Crippen LogP contribution in [0.5, 0.6) is 5.75 Å². The zero-order valence-electron chi connectivity index (χ0n) is 17.3. The van der Waals surface area contributed by atoms with Crippen molar-refractivity contribution < 1.29 is 17.9 Å². The van der Waals surface area contributed by atoms with Crippen LogP contribution in [0.2, 0.25) is 0 Å². The number of anilines is 1. The fraction of sp³-hybridized carbons (Fsp3) is 0.409. The molecule has 0 heterocycles. The lowest BCUT2D eigenvalue weighted by atomic mass is 10.1. The third-order valence-electron chi connectivity index (χ3n) is 4.44. The maximum atomic E-state index is 12.3. The van der Waals surface area contributed by atoms with Gasteiger partial charge in [-0.1, -0.05) is 49.6 Å². The highest BCUT2D eigenvalue weighted by molar-refractivity contribution is 7.92. The average Bonchev–Trinajstić information content (AvgIpc) is 2.69. The van der Waals surface area contributed by atoms with E-state index in [2.05, 4.69) is 12.2 Å². The van der Waals surface area contributed by atoms with Gasteiger partial charge in [0.2, 0.25) is 10.0 Å². The largest absolute Gasteiger partial charge is 0.484 e. The van der Waals surface area contributed by atoms with E-state index in [9.17, 15) is 13.2 Å². The van der Waals surface area contributed by atoms with Gasteiger partial charge in [0.05, 0.1) is 18.5 Å². The van der Waals surface area contributed by atoms with Crippen molar-refractivity contribution in [2.45, 2.75) is 39.7 Å². The minimum absolute atomic E-state index is 0.0649. The first-order valence-corrected chi connectivity index (χ1v) is 11.7. The molecule has 0 fully saturated rings. The minimum Gasteiger partial charge on any atom is -0.484 e. The standard InChI is InChI=1S/C22H30N2O4S/c1-4-5-6-15-23-22(25)17-28-21-13-11-20(12-14-21)24(29(3,26)27)16-19-9-7-18(2)8-10-19/h7-14H,4-6,15-17H2,1-3H3,(H,23,25). The molecule has 2 aromatic rings. The Hall–Kier alpha value is -2.54. The number of rotatable bonds is 11. The Morgan fingerprint density at radius 1 is 1.03 bits per heavy atom. The molecule has 0 atom stereocenters. The molecule has 0 saturated heterocycles. The number of amides is 1. The molecular formula is C22H30N2O4S. The molecule has 1 amide bonds. The fourth-order valence-corrected chi connectivity index (χ4v) is 3.66. The van der Waals surface area contributed by atoms with E-state index in [0.717, 1.165) is 30.4 Å². The van der Waals surface area contributed by atoms with Crippen LogP contribution in [0.3, 0.4) is 0 Å². The summed E-state index contributed by atoms with van der Waals surface area (Å²) in [6, 6.07) is 14.5. The van der Waals surface area contributed by atoms with Gasteiger partial charge >= 0.3 is 0 Å². The van der Waals surface area contributed by atoms with E-state index in [1.807, 2.05) is 31.2 Å². The van der Waals surface area contributed by atoms with Gasteiger partial charge in [-0.3, -0.25) is 9.10 Å². The predicted molar refractivity (Wildman–Crippen MR) is 117 cm³/mol. The molecule has 0 aliphatic rings. The van der Waals surface area contributed by atoms with Crippen molar-refractivity contribution in [3.63, 3.8) is 0 Å². The molecule has 6 nitrogen and oxygen atoms in total. The van der Waals surface area contributed by atoms with Crippen molar-refractivity contribution in [2.24, 2.45) is 0 Å². The van der Waals surface area contributed by atoms with Gasteiger partial charge in [-0.2, -0.15) is 0 Å². The van der Waals surface area contributed by atoms with Gasteiger partial charge in [0, 0.05) is 6.54 Å². The van der Waals surface area contributed by atoms with E-state index >= 15 is 0 Å². The summed E-state index contributed by atoms with van der Waals surface area (Å²) < 4.78 is 31.4.